The van der Waals surface area contributed by atoms with Crippen LogP contribution >= 0.6 is 0 Å². The summed E-state index contributed by atoms with van der Waals surface area (Å²) in [5.41, 5.74) is 0.587. The van der Waals surface area contributed by atoms with Gasteiger partial charge in [-0.1, -0.05) is 19.1 Å². The van der Waals surface area contributed by atoms with E-state index in [0.29, 0.717) is 6.61 Å². The molecule has 1 aromatic rings. The van der Waals surface area contributed by atoms with Gasteiger partial charge in [-0.2, -0.15) is 0 Å². The molecule has 1 aliphatic rings. The number of nitrogens with zero attached hydrogens (tertiary/aromatic N) is 3. The molecule has 156 valence electrons. The molecule has 2 unspecified atom stereocenters. The van der Waals surface area contributed by atoms with E-state index in [4.69, 9.17) is 9.47 Å². The lowest BCUT2D eigenvalue weighted by molar-refractivity contribution is -0.505. The first-order valence-corrected chi connectivity index (χ1v) is 9.16. The molecule has 29 heavy (non-hydrogen) atoms. The summed E-state index contributed by atoms with van der Waals surface area (Å²) in [7, 11) is 0. The van der Waals surface area contributed by atoms with Crippen LogP contribution in [0.25, 0.3) is 0 Å². The van der Waals surface area contributed by atoms with Crippen molar-refractivity contribution in [3.05, 3.63) is 61.3 Å². The van der Waals surface area contributed by atoms with Gasteiger partial charge in [-0.05, 0) is 25.8 Å². The van der Waals surface area contributed by atoms with Crippen molar-refractivity contribution in [2.75, 3.05) is 19.8 Å². The number of allylic oxidation sites excluding steroid dienone is 1. The van der Waals surface area contributed by atoms with Gasteiger partial charge in [0.1, 0.15) is 6.61 Å². The second kappa shape index (κ2) is 9.87. The number of esters is 1. The Kier molecular flexibility index (Phi) is 7.54. The Balaban J connectivity index is 2.42. The monoisotopic (exact) mass is 405 g/mol. The first-order valence-electron chi connectivity index (χ1n) is 9.16. The fourth-order valence-corrected chi connectivity index (χ4v) is 3.26. The van der Waals surface area contributed by atoms with E-state index in [1.165, 1.54) is 31.2 Å². The molecule has 0 saturated heterocycles. The molecule has 0 N–H and O–H groups in total. The maximum Gasteiger partial charge on any atom is 0.336 e. The van der Waals surface area contributed by atoms with E-state index in [-0.39, 0.29) is 41.4 Å². The number of rotatable bonds is 9. The predicted molar refractivity (Wildman–Crippen MR) is 104 cm³/mol. The number of carbonyl (C=O) groups is 1. The highest BCUT2D eigenvalue weighted by Crippen LogP contribution is 2.38. The lowest BCUT2D eigenvalue weighted by Gasteiger charge is -2.27. The van der Waals surface area contributed by atoms with Crippen LogP contribution in [0.15, 0.2) is 40.5 Å². The quantitative estimate of drug-likeness (QED) is 0.267. The lowest BCUT2D eigenvalue weighted by Crippen LogP contribution is -2.40. The van der Waals surface area contributed by atoms with Gasteiger partial charge in [0.25, 0.3) is 11.7 Å². The van der Waals surface area contributed by atoms with Crippen LogP contribution in [0.5, 0.6) is 0 Å². The molecule has 1 heterocycles. The SMILES string of the molecule is CCCOCCOC(=O)C1=C(C)N=C(C)C([N+](=O)[O-])C1c1cccc([N+](=O)[O-])c1. The van der Waals surface area contributed by atoms with E-state index in [2.05, 4.69) is 4.99 Å². The minimum Gasteiger partial charge on any atom is -0.460 e. The van der Waals surface area contributed by atoms with Crippen molar-refractivity contribution in [1.29, 1.82) is 0 Å². The number of hydrogen-bond donors (Lipinski definition) is 0. The maximum absolute atomic E-state index is 12.8. The number of non-ortho nitro benzene ring substituents is 1. The second-order valence-corrected chi connectivity index (χ2v) is 6.56. The van der Waals surface area contributed by atoms with Crippen molar-refractivity contribution in [2.24, 2.45) is 4.99 Å². The summed E-state index contributed by atoms with van der Waals surface area (Å²) < 4.78 is 10.5. The molecule has 0 aromatic heterocycles. The zero-order valence-corrected chi connectivity index (χ0v) is 16.5. The third kappa shape index (κ3) is 5.23. The summed E-state index contributed by atoms with van der Waals surface area (Å²) in [6.45, 7) is 5.74. The average Bonchev–Trinajstić information content (AvgIpc) is 2.66. The standard InChI is InChI=1S/C19H23N3O7/c1-4-8-28-9-10-29-19(23)16-12(2)20-13(3)18(22(26)27)17(16)14-6-5-7-15(11-14)21(24)25/h5-7,11,17-18H,4,8-10H2,1-3H3. The highest BCUT2D eigenvalue weighted by Gasteiger charge is 2.45. The van der Waals surface area contributed by atoms with Crippen LogP contribution in [-0.2, 0) is 14.3 Å². The summed E-state index contributed by atoms with van der Waals surface area (Å²) in [5, 5.41) is 22.9. The first kappa shape index (κ1) is 22.2. The summed E-state index contributed by atoms with van der Waals surface area (Å²) in [4.78, 5) is 38.7. The van der Waals surface area contributed by atoms with E-state index in [0.717, 1.165) is 6.42 Å². The molecule has 10 nitrogen and oxygen atoms in total. The molecular formula is C19H23N3O7. The molecule has 1 aromatic carbocycles. The molecule has 2 atom stereocenters. The predicted octanol–water partition coefficient (Wildman–Crippen LogP) is 3.04. The summed E-state index contributed by atoms with van der Waals surface area (Å²) in [5.74, 6) is -1.80. The minimum absolute atomic E-state index is 0.0108. The number of ether oxygens (including phenoxy) is 2. The van der Waals surface area contributed by atoms with Crippen molar-refractivity contribution in [2.45, 2.75) is 39.2 Å². The van der Waals surface area contributed by atoms with Crippen LogP contribution < -0.4 is 0 Å². The van der Waals surface area contributed by atoms with Crippen LogP contribution in [0.1, 0.15) is 38.7 Å². The Morgan fingerprint density at radius 2 is 1.90 bits per heavy atom. The van der Waals surface area contributed by atoms with Gasteiger partial charge in [0, 0.05) is 29.4 Å². The molecule has 0 radical (unpaired) electrons. The van der Waals surface area contributed by atoms with Crippen molar-refractivity contribution in [3.8, 4) is 0 Å². The number of carbonyl (C=O) groups excluding carboxylic acids is 1. The zero-order chi connectivity index (χ0) is 21.6. The Hall–Kier alpha value is -3.14. The van der Waals surface area contributed by atoms with Crippen LogP contribution in [0.2, 0.25) is 0 Å². The molecule has 0 aliphatic carbocycles. The van der Waals surface area contributed by atoms with Gasteiger partial charge in [-0.25, -0.2) is 4.79 Å². The van der Waals surface area contributed by atoms with Crippen molar-refractivity contribution < 1.29 is 24.1 Å². The number of benzene rings is 1. The van der Waals surface area contributed by atoms with Crippen molar-refractivity contribution in [1.82, 2.24) is 0 Å². The third-order valence-electron chi connectivity index (χ3n) is 4.49. The van der Waals surface area contributed by atoms with Crippen LogP contribution in [0.3, 0.4) is 0 Å². The normalized spacial score (nSPS) is 18.9. The van der Waals surface area contributed by atoms with Gasteiger partial charge >= 0.3 is 5.97 Å². The third-order valence-corrected chi connectivity index (χ3v) is 4.49. The molecule has 0 amide bonds. The van der Waals surface area contributed by atoms with E-state index in [1.54, 1.807) is 6.92 Å². The average molecular weight is 405 g/mol. The van der Waals surface area contributed by atoms with Crippen molar-refractivity contribution >= 4 is 17.4 Å². The largest absolute Gasteiger partial charge is 0.460 e. The Bertz CT molecular complexity index is 863. The van der Waals surface area contributed by atoms with Gasteiger partial charge in [-0.3, -0.25) is 25.2 Å². The van der Waals surface area contributed by atoms with Crippen LogP contribution in [0.4, 0.5) is 5.69 Å². The molecule has 0 fully saturated rings. The molecule has 0 spiro atoms. The van der Waals surface area contributed by atoms with E-state index in [9.17, 15) is 25.0 Å². The fourth-order valence-electron chi connectivity index (χ4n) is 3.26. The van der Waals surface area contributed by atoms with Gasteiger partial charge < -0.3 is 9.47 Å². The highest BCUT2D eigenvalue weighted by atomic mass is 16.6. The molecule has 0 bridgehead atoms. The lowest BCUT2D eigenvalue weighted by atomic mass is 9.80. The van der Waals surface area contributed by atoms with Gasteiger partial charge in [0.15, 0.2) is 0 Å². The summed E-state index contributed by atoms with van der Waals surface area (Å²) >= 11 is 0. The number of nitro benzene ring substituents is 1. The molecule has 2 rings (SSSR count). The number of nitro groups is 2. The van der Waals surface area contributed by atoms with Crippen molar-refractivity contribution in [3.63, 3.8) is 0 Å². The minimum atomic E-state index is -1.33. The molecule has 1 aliphatic heterocycles. The Morgan fingerprint density at radius 3 is 2.52 bits per heavy atom. The highest BCUT2D eigenvalue weighted by molar-refractivity contribution is 5.98. The Morgan fingerprint density at radius 1 is 1.17 bits per heavy atom. The van der Waals surface area contributed by atoms with E-state index in [1.807, 2.05) is 6.92 Å². The van der Waals surface area contributed by atoms with Gasteiger partial charge in [-0.15, -0.1) is 0 Å². The fraction of sp³-hybridized carbons (Fsp3) is 0.474. The van der Waals surface area contributed by atoms with Gasteiger partial charge in [0.2, 0.25) is 0 Å². The van der Waals surface area contributed by atoms with Gasteiger partial charge in [0.05, 0.1) is 28.7 Å². The zero-order valence-electron chi connectivity index (χ0n) is 16.5. The van der Waals surface area contributed by atoms with E-state index < -0.39 is 27.8 Å². The molecule has 0 saturated carbocycles. The Labute approximate surface area is 167 Å². The maximum atomic E-state index is 12.8. The first-order chi connectivity index (χ1) is 13.8. The number of hydrogen-bond acceptors (Lipinski definition) is 8. The second-order valence-electron chi connectivity index (χ2n) is 6.56. The molecule has 10 heteroatoms. The van der Waals surface area contributed by atoms with E-state index >= 15 is 0 Å². The topological polar surface area (TPSA) is 134 Å². The number of aliphatic imine (C=N–C) groups is 1. The smallest absolute Gasteiger partial charge is 0.336 e. The summed E-state index contributed by atoms with van der Waals surface area (Å²) in [6, 6.07) is 4.15. The summed E-state index contributed by atoms with van der Waals surface area (Å²) in [6.07, 6.45) is 0.825. The molecular weight excluding hydrogens is 382 g/mol. The van der Waals surface area contributed by atoms with Crippen LogP contribution in [-0.4, -0.2) is 47.4 Å². The van der Waals surface area contributed by atoms with Crippen LogP contribution in [0, 0.1) is 20.2 Å².